The number of ether oxygens (including phenoxy) is 1. The Kier molecular flexibility index (Phi) is 12.6. The number of esters is 1. The molecule has 5 heterocycles. The van der Waals surface area contributed by atoms with E-state index < -0.39 is 200 Å². The van der Waals surface area contributed by atoms with Gasteiger partial charge in [0.1, 0.15) is 49.4 Å². The minimum Gasteiger partial charge on any atom is -0.465 e. The molecule has 5 aliphatic heterocycles. The maximum atomic E-state index is 16.6. The smallest absolute Gasteiger partial charge is 0.337 e. The van der Waals surface area contributed by atoms with Gasteiger partial charge >= 0.3 is 5.97 Å². The Balaban J connectivity index is 1.08. The van der Waals surface area contributed by atoms with Crippen LogP contribution in [0.15, 0.2) is 29.2 Å². The Bertz CT molecular complexity index is 1950. The zero-order valence-electron chi connectivity index (χ0n) is 34.2. The molecule has 0 aromatic heterocycles. The number of methoxy groups -OCH3 is 1. The lowest BCUT2D eigenvalue weighted by molar-refractivity contribution is -0.0900. The van der Waals surface area contributed by atoms with E-state index in [0.717, 1.165) is 7.11 Å². The number of halogens is 15. The van der Waals surface area contributed by atoms with Crippen LogP contribution in [0.4, 0.5) is 65.9 Å². The highest BCUT2D eigenvalue weighted by Crippen LogP contribution is 2.53. The summed E-state index contributed by atoms with van der Waals surface area (Å²) in [6, 6.07) is 5.36. The zero-order valence-corrected chi connectivity index (χ0v) is 35.0. The summed E-state index contributed by atoms with van der Waals surface area (Å²) in [6.45, 7) is 0. The standard InChI is InChI=1S/C40H47F15N8O2S/c1-65-40(64)6-2-4-7(5-3-6)66-31-15-14(22(47)29(54)30(31)55)38-61-36-11-10(18(43)25(50)26(51)19(11)44)34(59-36)57-32-8-9(17(42)24(49)23(48)16(8)41)33(56-32)58-35-12-13(37(60-35)62-39(15)63-38)21(46)28(53)27(52)20(12)45/h2-5,8-39,56-63H,1H3. The molecule has 0 radical (unpaired) electrons. The fourth-order valence-corrected chi connectivity index (χ4v) is 14.3. The van der Waals surface area contributed by atoms with Gasteiger partial charge in [0.15, 0.2) is 43.2 Å². The number of benzene rings is 1. The molecule has 0 spiro atoms. The molecule has 32 unspecified atom stereocenters. The van der Waals surface area contributed by atoms with E-state index in [1.54, 1.807) is 0 Å². The molecule has 66 heavy (non-hydrogen) atoms. The van der Waals surface area contributed by atoms with E-state index >= 15 is 65.9 Å². The summed E-state index contributed by atoms with van der Waals surface area (Å²) in [5.74, 6) is -15.4. The van der Waals surface area contributed by atoms with Crippen LogP contribution in [0.5, 0.6) is 0 Å². The van der Waals surface area contributed by atoms with Gasteiger partial charge in [-0.15, -0.1) is 11.8 Å². The molecule has 370 valence electrons. The van der Waals surface area contributed by atoms with Crippen LogP contribution in [-0.4, -0.2) is 160 Å². The van der Waals surface area contributed by atoms with Crippen molar-refractivity contribution in [3.05, 3.63) is 29.8 Å². The first-order valence-electron chi connectivity index (χ1n) is 21.9. The van der Waals surface area contributed by atoms with E-state index in [-0.39, 0.29) is 10.5 Å². The molecule has 5 saturated heterocycles. The molecular weight excluding hydrogens is 942 g/mol. The molecule has 4 saturated carbocycles. The van der Waals surface area contributed by atoms with Gasteiger partial charge in [0, 0.05) is 57.5 Å². The van der Waals surface area contributed by atoms with Crippen LogP contribution in [0, 0.1) is 47.3 Å². The Hall–Kier alpha value is -2.33. The van der Waals surface area contributed by atoms with E-state index in [1.165, 1.54) is 24.3 Å². The predicted molar refractivity (Wildman–Crippen MR) is 204 cm³/mol. The first kappa shape index (κ1) is 47.4. The Labute approximate surface area is 371 Å². The second-order valence-electron chi connectivity index (χ2n) is 19.0. The fraction of sp³-hybridized carbons (Fsp3) is 0.825. The molecule has 8 bridgehead atoms. The van der Waals surface area contributed by atoms with E-state index in [9.17, 15) is 4.79 Å². The molecule has 1 aromatic rings. The number of carbonyl (C=O) groups is 1. The van der Waals surface area contributed by atoms with Gasteiger partial charge in [-0.2, -0.15) is 0 Å². The number of fused-ring (bicyclic) bond motifs is 20. The third-order valence-electron chi connectivity index (χ3n) is 15.9. The van der Waals surface area contributed by atoms with Gasteiger partial charge in [0.2, 0.25) is 0 Å². The molecule has 9 fully saturated rings. The monoisotopic (exact) mass is 988 g/mol. The molecule has 0 amide bonds. The van der Waals surface area contributed by atoms with Gasteiger partial charge in [-0.05, 0) is 24.3 Å². The number of nitrogens with one attached hydrogen (secondary N) is 8. The molecule has 4 aliphatic carbocycles. The molecule has 32 atom stereocenters. The first-order chi connectivity index (χ1) is 31.3. The van der Waals surface area contributed by atoms with Gasteiger partial charge in [0.25, 0.3) is 0 Å². The molecule has 1 aromatic carbocycles. The highest BCUT2D eigenvalue weighted by molar-refractivity contribution is 8.00. The second kappa shape index (κ2) is 17.5. The van der Waals surface area contributed by atoms with Crippen LogP contribution in [0.1, 0.15) is 10.4 Å². The summed E-state index contributed by atoms with van der Waals surface area (Å²) in [5, 5.41) is 20.6. The quantitative estimate of drug-likeness (QED) is 0.168. The summed E-state index contributed by atoms with van der Waals surface area (Å²) in [7, 11) is 1.13. The van der Waals surface area contributed by atoms with Gasteiger partial charge < -0.3 is 4.74 Å². The third kappa shape index (κ3) is 7.19. The van der Waals surface area contributed by atoms with Crippen molar-refractivity contribution in [1.82, 2.24) is 42.5 Å². The van der Waals surface area contributed by atoms with Gasteiger partial charge in [0.05, 0.1) is 62.0 Å². The van der Waals surface area contributed by atoms with Crippen molar-refractivity contribution in [3.8, 4) is 0 Å². The molecular formula is C40H47F15N8O2S. The molecule has 10 nitrogen and oxygen atoms in total. The van der Waals surface area contributed by atoms with Gasteiger partial charge in [-0.25, -0.2) is 70.7 Å². The minimum atomic E-state index is -3.07. The van der Waals surface area contributed by atoms with Crippen molar-refractivity contribution >= 4 is 17.7 Å². The summed E-state index contributed by atoms with van der Waals surface area (Å²) < 4.78 is 242. The van der Waals surface area contributed by atoms with Crippen molar-refractivity contribution in [2.75, 3.05) is 7.11 Å². The van der Waals surface area contributed by atoms with Crippen molar-refractivity contribution in [3.63, 3.8) is 0 Å². The summed E-state index contributed by atoms with van der Waals surface area (Å²) >= 11 is 0.697. The normalized spacial score (nSPS) is 57.6. The Morgan fingerprint density at radius 2 is 0.591 bits per heavy atom. The number of hydrogen-bond acceptors (Lipinski definition) is 11. The Morgan fingerprint density at radius 1 is 0.364 bits per heavy atom. The highest BCUT2D eigenvalue weighted by atomic mass is 32.2. The number of alkyl halides is 15. The van der Waals surface area contributed by atoms with E-state index in [1.807, 2.05) is 0 Å². The highest BCUT2D eigenvalue weighted by Gasteiger charge is 2.69. The molecule has 8 N–H and O–H groups in total. The summed E-state index contributed by atoms with van der Waals surface area (Å²) in [4.78, 5) is 12.3. The minimum absolute atomic E-state index is 0.0769. The lowest BCUT2D eigenvalue weighted by atomic mass is 9.72. The Morgan fingerprint density at radius 3 is 0.848 bits per heavy atom. The van der Waals surface area contributed by atoms with E-state index in [4.69, 9.17) is 4.74 Å². The average molecular weight is 989 g/mol. The van der Waals surface area contributed by atoms with Crippen molar-refractivity contribution in [2.45, 2.75) is 152 Å². The SMILES string of the molecule is COC(=O)c1ccc(SC2C(F)C(F)C(F)C3C4NC5NC(NC6NC(NC7NC(NC(N4)C23)C2C(F)C(F)C(F)C(F)C72)C2C(F)C(F)C(F)C(F)C62)C2C(F)C(F)C(F)C(F)C52)cc1. The van der Waals surface area contributed by atoms with E-state index in [2.05, 4.69) is 42.5 Å². The number of rotatable bonds is 3. The van der Waals surface area contributed by atoms with Crippen LogP contribution in [0.2, 0.25) is 0 Å². The van der Waals surface area contributed by atoms with Crippen LogP contribution < -0.4 is 42.5 Å². The number of thioether (sulfide) groups is 1. The predicted octanol–water partition coefficient (Wildman–Crippen LogP) is 3.38. The topological polar surface area (TPSA) is 123 Å². The lowest BCUT2D eigenvalue weighted by Crippen LogP contribution is -2.62. The fourth-order valence-electron chi connectivity index (χ4n) is 12.9. The summed E-state index contributed by atoms with van der Waals surface area (Å²) in [5.41, 5.74) is 0.0769. The average Bonchev–Trinajstić information content (AvgIpc) is 4.05. The van der Waals surface area contributed by atoms with E-state index in [0.29, 0.717) is 11.8 Å². The van der Waals surface area contributed by atoms with Crippen molar-refractivity contribution < 1.29 is 75.4 Å². The molecule has 26 heteroatoms. The van der Waals surface area contributed by atoms with Crippen LogP contribution >= 0.6 is 11.8 Å². The van der Waals surface area contributed by atoms with Gasteiger partial charge in [-0.3, -0.25) is 42.5 Å². The maximum Gasteiger partial charge on any atom is 0.337 e. The largest absolute Gasteiger partial charge is 0.465 e. The second-order valence-corrected chi connectivity index (χ2v) is 20.3. The first-order valence-corrected chi connectivity index (χ1v) is 22.8. The van der Waals surface area contributed by atoms with Crippen LogP contribution in [-0.2, 0) is 4.74 Å². The third-order valence-corrected chi connectivity index (χ3v) is 17.3. The number of hydrogen-bond donors (Lipinski definition) is 8. The van der Waals surface area contributed by atoms with Crippen LogP contribution in [0.25, 0.3) is 0 Å². The molecule has 10 rings (SSSR count). The number of carbonyl (C=O) groups excluding carboxylic acids is 1. The molecule has 9 aliphatic rings. The van der Waals surface area contributed by atoms with Crippen molar-refractivity contribution in [1.29, 1.82) is 0 Å². The lowest BCUT2D eigenvalue weighted by Gasteiger charge is -2.44. The zero-order chi connectivity index (χ0) is 47.1. The van der Waals surface area contributed by atoms with Gasteiger partial charge in [-0.1, -0.05) is 0 Å². The van der Waals surface area contributed by atoms with Crippen molar-refractivity contribution in [2.24, 2.45) is 47.3 Å². The van der Waals surface area contributed by atoms with Crippen LogP contribution in [0.3, 0.4) is 0 Å². The summed E-state index contributed by atoms with van der Waals surface area (Å²) in [6.07, 6.45) is -56.9. The maximum absolute atomic E-state index is 16.6.